The third-order valence-electron chi connectivity index (χ3n) is 1.58. The van der Waals surface area contributed by atoms with Gasteiger partial charge in [0.2, 0.25) is 0 Å². The quantitative estimate of drug-likeness (QED) is 0.455. The maximum absolute atomic E-state index is 12.8. The molecule has 0 amide bonds. The fraction of sp³-hybridized carbons (Fsp3) is 0.125. The van der Waals surface area contributed by atoms with E-state index >= 15 is 0 Å². The fourth-order valence-electron chi connectivity index (χ4n) is 0.880. The van der Waals surface area contributed by atoms with Crippen LogP contribution in [0.15, 0.2) is 21.8 Å². The van der Waals surface area contributed by atoms with Crippen LogP contribution in [0.25, 0.3) is 0 Å². The normalized spacial score (nSPS) is 11.8. The Hall–Kier alpha value is -1.10. The second kappa shape index (κ2) is 3.74. The number of halogens is 2. The molecule has 0 fully saturated rings. The fourth-order valence-corrected chi connectivity index (χ4v) is 1.22. The predicted molar refractivity (Wildman–Crippen MR) is 49.8 cm³/mol. The number of aromatic hydroxyl groups is 1. The first kappa shape index (κ1) is 9.98. The van der Waals surface area contributed by atoms with Gasteiger partial charge < -0.3 is 10.3 Å². The van der Waals surface area contributed by atoms with E-state index in [2.05, 4.69) is 21.1 Å². The molecule has 0 spiro atoms. The van der Waals surface area contributed by atoms with Crippen molar-refractivity contribution in [2.75, 3.05) is 0 Å². The van der Waals surface area contributed by atoms with E-state index in [-0.39, 0.29) is 21.5 Å². The Labute approximate surface area is 82.6 Å². The lowest BCUT2D eigenvalue weighted by Gasteiger charge is -2.03. The zero-order valence-corrected chi connectivity index (χ0v) is 8.34. The van der Waals surface area contributed by atoms with Crippen LogP contribution in [-0.4, -0.2) is 16.0 Å². The molecule has 3 nitrogen and oxygen atoms in total. The SMILES string of the molecule is C/C(=N\O)c1cc(Br)c(F)cc1O. The van der Waals surface area contributed by atoms with E-state index in [1.54, 1.807) is 0 Å². The van der Waals surface area contributed by atoms with Gasteiger partial charge in [0, 0.05) is 11.6 Å². The topological polar surface area (TPSA) is 52.8 Å². The maximum Gasteiger partial charge on any atom is 0.141 e. The van der Waals surface area contributed by atoms with Crippen LogP contribution in [0.2, 0.25) is 0 Å². The molecule has 0 unspecified atom stereocenters. The molecule has 0 saturated heterocycles. The highest BCUT2D eigenvalue weighted by Crippen LogP contribution is 2.25. The second-order valence-electron chi connectivity index (χ2n) is 2.47. The molecule has 0 aliphatic rings. The lowest BCUT2D eigenvalue weighted by atomic mass is 10.1. The molecule has 13 heavy (non-hydrogen) atoms. The molecule has 5 heteroatoms. The van der Waals surface area contributed by atoms with Crippen LogP contribution >= 0.6 is 15.9 Å². The highest BCUT2D eigenvalue weighted by Gasteiger charge is 2.09. The van der Waals surface area contributed by atoms with Gasteiger partial charge in [0.05, 0.1) is 10.2 Å². The van der Waals surface area contributed by atoms with Crippen molar-refractivity contribution in [1.29, 1.82) is 0 Å². The van der Waals surface area contributed by atoms with Crippen LogP contribution in [0.3, 0.4) is 0 Å². The summed E-state index contributed by atoms with van der Waals surface area (Å²) in [6.07, 6.45) is 0. The van der Waals surface area contributed by atoms with Gasteiger partial charge in [-0.2, -0.15) is 0 Å². The first-order valence-electron chi connectivity index (χ1n) is 3.43. The summed E-state index contributed by atoms with van der Waals surface area (Å²) in [7, 11) is 0. The summed E-state index contributed by atoms with van der Waals surface area (Å²) in [5.74, 6) is -0.817. The van der Waals surface area contributed by atoms with Crippen molar-refractivity contribution < 1.29 is 14.7 Å². The average Bonchev–Trinajstić information content (AvgIpc) is 2.10. The molecule has 0 atom stereocenters. The van der Waals surface area contributed by atoms with Crippen LogP contribution in [0, 0.1) is 5.82 Å². The van der Waals surface area contributed by atoms with Crippen molar-refractivity contribution in [3.8, 4) is 5.75 Å². The summed E-state index contributed by atoms with van der Waals surface area (Å²) in [5.41, 5.74) is 0.508. The zero-order chi connectivity index (χ0) is 10.0. The molecule has 0 heterocycles. The van der Waals surface area contributed by atoms with Crippen molar-refractivity contribution in [2.24, 2.45) is 5.16 Å². The van der Waals surface area contributed by atoms with Gasteiger partial charge in [-0.1, -0.05) is 5.16 Å². The van der Waals surface area contributed by atoms with E-state index < -0.39 is 5.82 Å². The molecule has 70 valence electrons. The molecule has 1 rings (SSSR count). The van der Waals surface area contributed by atoms with Crippen molar-refractivity contribution in [3.63, 3.8) is 0 Å². The number of nitrogens with zero attached hydrogens (tertiary/aromatic N) is 1. The van der Waals surface area contributed by atoms with Gasteiger partial charge in [0.15, 0.2) is 0 Å². The summed E-state index contributed by atoms with van der Waals surface area (Å²) in [6.45, 7) is 1.50. The Bertz CT molecular complexity index is 365. The van der Waals surface area contributed by atoms with E-state index in [4.69, 9.17) is 5.21 Å². The van der Waals surface area contributed by atoms with Crippen LogP contribution in [0.4, 0.5) is 4.39 Å². The van der Waals surface area contributed by atoms with E-state index in [0.717, 1.165) is 6.07 Å². The van der Waals surface area contributed by atoms with Gasteiger partial charge in [-0.3, -0.25) is 0 Å². The molecule has 1 aromatic carbocycles. The van der Waals surface area contributed by atoms with Crippen molar-refractivity contribution in [3.05, 3.63) is 28.0 Å². The molecule has 0 aliphatic carbocycles. The number of phenols is 1. The van der Waals surface area contributed by atoms with Crippen LogP contribution in [-0.2, 0) is 0 Å². The Morgan fingerprint density at radius 2 is 2.15 bits per heavy atom. The van der Waals surface area contributed by atoms with E-state index in [1.807, 2.05) is 0 Å². The first-order valence-corrected chi connectivity index (χ1v) is 4.22. The summed E-state index contributed by atoms with van der Waals surface area (Å²) in [4.78, 5) is 0. The third kappa shape index (κ3) is 1.98. The Morgan fingerprint density at radius 1 is 1.54 bits per heavy atom. The molecule has 1 aromatic rings. The van der Waals surface area contributed by atoms with Crippen LogP contribution < -0.4 is 0 Å². The number of phenolic OH excluding ortho intramolecular Hbond substituents is 1. The van der Waals surface area contributed by atoms with Gasteiger partial charge in [-0.05, 0) is 28.9 Å². The lowest BCUT2D eigenvalue weighted by molar-refractivity contribution is 0.318. The van der Waals surface area contributed by atoms with E-state index in [0.29, 0.717) is 0 Å². The van der Waals surface area contributed by atoms with Crippen LogP contribution in [0.1, 0.15) is 12.5 Å². The third-order valence-corrected chi connectivity index (χ3v) is 2.19. The van der Waals surface area contributed by atoms with Gasteiger partial charge in [0.25, 0.3) is 0 Å². The molecule has 0 radical (unpaired) electrons. The number of benzene rings is 1. The summed E-state index contributed by atoms with van der Waals surface area (Å²) >= 11 is 2.95. The van der Waals surface area contributed by atoms with Gasteiger partial charge in [-0.15, -0.1) is 0 Å². The largest absolute Gasteiger partial charge is 0.507 e. The highest BCUT2D eigenvalue weighted by molar-refractivity contribution is 9.10. The molecule has 0 bridgehead atoms. The molecule has 0 aliphatic heterocycles. The molecule has 2 N–H and O–H groups in total. The van der Waals surface area contributed by atoms with E-state index in [9.17, 15) is 9.50 Å². The van der Waals surface area contributed by atoms with Crippen molar-refractivity contribution in [1.82, 2.24) is 0 Å². The van der Waals surface area contributed by atoms with Crippen LogP contribution in [0.5, 0.6) is 5.75 Å². The molecular weight excluding hydrogens is 241 g/mol. The lowest BCUT2D eigenvalue weighted by Crippen LogP contribution is -1.96. The summed E-state index contributed by atoms with van der Waals surface area (Å²) in [6, 6.07) is 2.30. The number of oxime groups is 1. The second-order valence-corrected chi connectivity index (χ2v) is 3.32. The Balaban J connectivity index is 3.32. The Kier molecular flexibility index (Phi) is 2.87. The van der Waals surface area contributed by atoms with Gasteiger partial charge in [0.1, 0.15) is 11.6 Å². The van der Waals surface area contributed by atoms with Gasteiger partial charge >= 0.3 is 0 Å². The smallest absolute Gasteiger partial charge is 0.141 e. The monoisotopic (exact) mass is 247 g/mol. The van der Waals surface area contributed by atoms with Gasteiger partial charge in [-0.25, -0.2) is 4.39 Å². The predicted octanol–water partition coefficient (Wildman–Crippen LogP) is 2.49. The van der Waals surface area contributed by atoms with E-state index in [1.165, 1.54) is 13.0 Å². The standard InChI is InChI=1S/C8H7BrFNO2/c1-4(11-13)5-2-6(9)7(10)3-8(5)12/h2-3,12-13H,1H3/b11-4+. The van der Waals surface area contributed by atoms with Crippen molar-refractivity contribution >= 4 is 21.6 Å². The first-order chi connectivity index (χ1) is 6.06. The number of hydrogen-bond acceptors (Lipinski definition) is 3. The van der Waals surface area contributed by atoms with Crippen molar-refractivity contribution in [2.45, 2.75) is 6.92 Å². The summed E-state index contributed by atoms with van der Waals surface area (Å²) in [5, 5.41) is 20.6. The Morgan fingerprint density at radius 3 is 2.69 bits per heavy atom. The molecule has 0 aromatic heterocycles. The average molecular weight is 248 g/mol. The minimum absolute atomic E-state index is 0.211. The molecule has 0 saturated carbocycles. The number of rotatable bonds is 1. The minimum atomic E-state index is -0.563. The highest BCUT2D eigenvalue weighted by atomic mass is 79.9. The maximum atomic E-state index is 12.8. The zero-order valence-electron chi connectivity index (χ0n) is 6.75. The number of hydrogen-bond donors (Lipinski definition) is 2. The molecular formula is C8H7BrFNO2. The minimum Gasteiger partial charge on any atom is -0.507 e. The summed E-state index contributed by atoms with van der Waals surface area (Å²) < 4.78 is 13.0.